The summed E-state index contributed by atoms with van der Waals surface area (Å²) in [6.45, 7) is 10.6. The molecule has 6 heteroatoms. The fourth-order valence-corrected chi connectivity index (χ4v) is 4.72. The lowest BCUT2D eigenvalue weighted by Crippen LogP contribution is -2.76. The molecule has 5 nitrogen and oxygen atoms in total. The minimum Gasteiger partial charge on any atom is -0.407 e. The van der Waals surface area contributed by atoms with Crippen LogP contribution in [-0.2, 0) is 25.5 Å². The van der Waals surface area contributed by atoms with E-state index in [-0.39, 0.29) is 23.0 Å². The second-order valence-electron chi connectivity index (χ2n) is 8.81. The number of benzene rings is 1. The molecule has 1 aromatic carbocycles. The molecule has 1 saturated heterocycles. The highest BCUT2D eigenvalue weighted by Gasteiger charge is 2.64. The minimum absolute atomic E-state index is 0.107. The fraction of sp³-hybridized carbons (Fsp3) is 0.524. The smallest absolute Gasteiger partial charge is 0.277 e. The lowest BCUT2D eigenvalue weighted by molar-refractivity contribution is -0.281. The predicted molar refractivity (Wildman–Crippen MR) is 106 cm³/mol. The Bertz CT molecular complexity index is 740. The number of carbonyl (C=O) groups is 2. The molecule has 1 aromatic rings. The van der Waals surface area contributed by atoms with E-state index in [1.165, 1.54) is 5.06 Å². The average molecular weight is 388 g/mol. The quantitative estimate of drug-likeness (QED) is 0.575. The van der Waals surface area contributed by atoms with Gasteiger partial charge < -0.3 is 4.43 Å². The molecule has 3 atom stereocenters. The first kappa shape index (κ1) is 20.0. The van der Waals surface area contributed by atoms with E-state index in [4.69, 9.17) is 9.26 Å². The van der Waals surface area contributed by atoms with Crippen molar-refractivity contribution in [2.24, 2.45) is 11.3 Å². The van der Waals surface area contributed by atoms with Crippen LogP contribution in [0.25, 0.3) is 0 Å². The van der Waals surface area contributed by atoms with E-state index in [0.717, 1.165) is 5.56 Å². The van der Waals surface area contributed by atoms with Crippen molar-refractivity contribution in [3.63, 3.8) is 0 Å². The molecule has 27 heavy (non-hydrogen) atoms. The third kappa shape index (κ3) is 3.79. The Morgan fingerprint density at radius 3 is 2.44 bits per heavy atom. The molecule has 0 N–H and O–H groups in total. The van der Waals surface area contributed by atoms with Gasteiger partial charge in [-0.15, -0.1) is 0 Å². The van der Waals surface area contributed by atoms with Crippen LogP contribution in [0.5, 0.6) is 0 Å². The van der Waals surface area contributed by atoms with Crippen molar-refractivity contribution in [2.45, 2.75) is 58.5 Å². The predicted octanol–water partition coefficient (Wildman–Crippen LogP) is 3.26. The number of β-lactam (4-membered cyclic amide) rings is 1. The van der Waals surface area contributed by atoms with Crippen LogP contribution >= 0.6 is 0 Å². The molecule has 0 radical (unpaired) electrons. The van der Waals surface area contributed by atoms with Gasteiger partial charge in [0.25, 0.3) is 5.91 Å². The number of hydroxylamine groups is 2. The highest BCUT2D eigenvalue weighted by molar-refractivity contribution is 6.48. The standard InChI is InChI=1S/C21H29NO4Si/c1-20(2,3)16-13-21(12-11-17(16)23)18(26-27(4)5)19(24)22(21)25-14-15-9-7-6-8-10-15/h6-12,16,18,27H,13-14H2,1-5H3. The number of hydrogen-bond donors (Lipinski definition) is 0. The summed E-state index contributed by atoms with van der Waals surface area (Å²) in [5.74, 6) is -0.229. The Kier molecular flexibility index (Phi) is 5.43. The number of amides is 1. The molecule has 1 aliphatic carbocycles. The van der Waals surface area contributed by atoms with E-state index in [0.29, 0.717) is 13.0 Å². The van der Waals surface area contributed by atoms with Crippen molar-refractivity contribution in [3.05, 3.63) is 48.0 Å². The zero-order chi connectivity index (χ0) is 19.8. The first-order chi connectivity index (χ1) is 12.6. The van der Waals surface area contributed by atoms with Gasteiger partial charge in [0.1, 0.15) is 12.1 Å². The van der Waals surface area contributed by atoms with Crippen molar-refractivity contribution < 1.29 is 18.9 Å². The maximum atomic E-state index is 12.8. The molecular weight excluding hydrogens is 358 g/mol. The summed E-state index contributed by atoms with van der Waals surface area (Å²) in [5.41, 5.74) is 0.0965. The number of carbonyl (C=O) groups excluding carboxylic acids is 2. The van der Waals surface area contributed by atoms with E-state index in [9.17, 15) is 9.59 Å². The molecule has 3 rings (SSSR count). The van der Waals surface area contributed by atoms with Gasteiger partial charge in [-0.1, -0.05) is 51.1 Å². The largest absolute Gasteiger partial charge is 0.407 e. The van der Waals surface area contributed by atoms with Crippen LogP contribution < -0.4 is 0 Å². The highest BCUT2D eigenvalue weighted by atomic mass is 28.3. The van der Waals surface area contributed by atoms with Crippen molar-refractivity contribution in [2.75, 3.05) is 0 Å². The fourth-order valence-electron chi connectivity index (χ4n) is 3.83. The maximum Gasteiger partial charge on any atom is 0.277 e. The van der Waals surface area contributed by atoms with Gasteiger partial charge in [0.15, 0.2) is 20.9 Å². The number of allylic oxidation sites excluding steroid dienone is 1. The van der Waals surface area contributed by atoms with Crippen LogP contribution in [0.1, 0.15) is 32.8 Å². The Morgan fingerprint density at radius 1 is 1.19 bits per heavy atom. The third-order valence-electron chi connectivity index (χ3n) is 5.32. The van der Waals surface area contributed by atoms with E-state index in [1.807, 2.05) is 49.5 Å². The topological polar surface area (TPSA) is 55.8 Å². The monoisotopic (exact) mass is 387 g/mol. The van der Waals surface area contributed by atoms with Crippen LogP contribution in [-0.4, -0.2) is 37.4 Å². The van der Waals surface area contributed by atoms with Crippen LogP contribution in [0.3, 0.4) is 0 Å². The summed E-state index contributed by atoms with van der Waals surface area (Å²) in [6, 6.07) is 9.75. The average Bonchev–Trinajstić information content (AvgIpc) is 2.61. The third-order valence-corrected chi connectivity index (χ3v) is 6.14. The number of nitrogens with zero attached hydrogens (tertiary/aromatic N) is 1. The zero-order valence-corrected chi connectivity index (χ0v) is 17.9. The molecule has 2 aliphatic rings. The number of hydrogen-bond acceptors (Lipinski definition) is 4. The molecular formula is C21H29NO4Si. The SMILES string of the molecule is C[SiH](C)OC1C(=O)N(OCc2ccccc2)C12C=CC(=O)C(C(C)(C)C)C2. The first-order valence-electron chi connectivity index (χ1n) is 9.54. The zero-order valence-electron chi connectivity index (χ0n) is 16.8. The van der Waals surface area contributed by atoms with E-state index in [2.05, 4.69) is 20.8 Å². The summed E-state index contributed by atoms with van der Waals surface area (Å²) in [4.78, 5) is 31.2. The van der Waals surface area contributed by atoms with E-state index >= 15 is 0 Å². The van der Waals surface area contributed by atoms with Gasteiger partial charge in [-0.3, -0.25) is 14.4 Å². The Morgan fingerprint density at radius 2 is 1.85 bits per heavy atom. The molecule has 146 valence electrons. The van der Waals surface area contributed by atoms with Crippen molar-refractivity contribution in [1.29, 1.82) is 0 Å². The maximum absolute atomic E-state index is 12.8. The minimum atomic E-state index is -1.44. The lowest BCUT2D eigenvalue weighted by atomic mass is 9.64. The summed E-state index contributed by atoms with van der Waals surface area (Å²) in [7, 11) is -1.44. The lowest BCUT2D eigenvalue weighted by Gasteiger charge is -2.57. The van der Waals surface area contributed by atoms with Gasteiger partial charge in [-0.05, 0) is 42.6 Å². The normalized spacial score (nSPS) is 28.1. The van der Waals surface area contributed by atoms with Crippen molar-refractivity contribution >= 4 is 20.7 Å². The molecule has 1 heterocycles. The van der Waals surface area contributed by atoms with Crippen LogP contribution in [0.15, 0.2) is 42.5 Å². The molecule has 1 spiro atoms. The Balaban J connectivity index is 1.87. The Labute approximate surface area is 163 Å². The summed E-state index contributed by atoms with van der Waals surface area (Å²) < 4.78 is 6.08. The molecule has 3 unspecified atom stereocenters. The first-order valence-corrected chi connectivity index (χ1v) is 12.3. The summed E-state index contributed by atoms with van der Waals surface area (Å²) >= 11 is 0. The molecule has 0 aromatic heterocycles. The molecule has 0 saturated carbocycles. The van der Waals surface area contributed by atoms with Crippen LogP contribution in [0.4, 0.5) is 0 Å². The highest BCUT2D eigenvalue weighted by Crippen LogP contribution is 2.48. The molecule has 0 bridgehead atoms. The van der Waals surface area contributed by atoms with Crippen LogP contribution in [0.2, 0.25) is 13.1 Å². The van der Waals surface area contributed by atoms with Gasteiger partial charge >= 0.3 is 0 Å². The second kappa shape index (κ2) is 7.34. The van der Waals surface area contributed by atoms with Gasteiger partial charge in [0, 0.05) is 5.92 Å². The number of ketones is 1. The van der Waals surface area contributed by atoms with Crippen molar-refractivity contribution in [1.82, 2.24) is 5.06 Å². The molecule has 1 aliphatic heterocycles. The summed E-state index contributed by atoms with van der Waals surface area (Å²) in [6.07, 6.45) is 3.40. The molecule has 1 amide bonds. The van der Waals surface area contributed by atoms with Gasteiger partial charge in [0.05, 0.1) is 0 Å². The van der Waals surface area contributed by atoms with Crippen molar-refractivity contribution in [3.8, 4) is 0 Å². The van der Waals surface area contributed by atoms with Gasteiger partial charge in [-0.25, -0.2) is 5.06 Å². The van der Waals surface area contributed by atoms with Crippen LogP contribution in [0, 0.1) is 11.3 Å². The van der Waals surface area contributed by atoms with E-state index < -0.39 is 20.7 Å². The van der Waals surface area contributed by atoms with Gasteiger partial charge in [-0.2, -0.15) is 0 Å². The second-order valence-corrected chi connectivity index (χ2v) is 11.2. The van der Waals surface area contributed by atoms with Gasteiger partial charge in [0.2, 0.25) is 0 Å². The van der Waals surface area contributed by atoms with E-state index in [1.54, 1.807) is 6.08 Å². The Hall–Kier alpha value is -1.76. The summed E-state index contributed by atoms with van der Waals surface area (Å²) in [5, 5.41) is 1.45. The number of rotatable bonds is 5. The molecule has 1 fully saturated rings.